The molecule has 1 aromatic heterocycles. The second-order valence-corrected chi connectivity index (χ2v) is 8.51. The van der Waals surface area contributed by atoms with Gasteiger partial charge in [-0.2, -0.15) is 0 Å². The molecule has 9 heteroatoms. The van der Waals surface area contributed by atoms with E-state index in [0.717, 1.165) is 17.2 Å². The molecule has 9 nitrogen and oxygen atoms in total. The molecule has 154 valence electrons. The minimum absolute atomic E-state index is 0.0523. The van der Waals surface area contributed by atoms with Gasteiger partial charge in [0.2, 0.25) is 0 Å². The Labute approximate surface area is 158 Å². The Kier molecular flexibility index (Phi) is 6.33. The van der Waals surface area contributed by atoms with E-state index in [1.54, 1.807) is 0 Å². The number of rotatable bonds is 7. The van der Waals surface area contributed by atoms with E-state index in [-0.39, 0.29) is 12.0 Å². The molecule has 1 aromatic rings. The highest BCUT2D eigenvalue weighted by Crippen LogP contribution is 2.36. The Balaban J connectivity index is 2.10. The van der Waals surface area contributed by atoms with E-state index in [4.69, 9.17) is 9.47 Å². The summed E-state index contributed by atoms with van der Waals surface area (Å²) in [5.74, 6) is 0. The largest absolute Gasteiger partial charge is 0.387 e. The summed E-state index contributed by atoms with van der Waals surface area (Å²) in [7, 11) is 3.98. The van der Waals surface area contributed by atoms with Crippen LogP contribution in [0.15, 0.2) is 21.9 Å². The molecule has 0 saturated carbocycles. The highest BCUT2D eigenvalue weighted by atomic mass is 16.6. The second-order valence-electron chi connectivity index (χ2n) is 8.51. The smallest absolute Gasteiger partial charge is 0.330 e. The van der Waals surface area contributed by atoms with Crippen molar-refractivity contribution in [3.63, 3.8) is 0 Å². The SMILES string of the molecule is CN(C)CC(C)(C)C(C)(C)OC[C@H]1O[C@@H](n2ccc(=O)[nH]c2=O)C(O)[C@H]1O. The number of aromatic amines is 1. The zero-order valence-corrected chi connectivity index (χ0v) is 16.8. The first-order valence-electron chi connectivity index (χ1n) is 8.97. The zero-order chi connectivity index (χ0) is 20.6. The Morgan fingerprint density at radius 3 is 2.41 bits per heavy atom. The number of hydrogen-bond acceptors (Lipinski definition) is 7. The van der Waals surface area contributed by atoms with Gasteiger partial charge in [0.25, 0.3) is 5.56 Å². The maximum atomic E-state index is 11.9. The summed E-state index contributed by atoms with van der Waals surface area (Å²) in [5.41, 5.74) is -1.98. The maximum absolute atomic E-state index is 11.9. The predicted molar refractivity (Wildman–Crippen MR) is 99.6 cm³/mol. The van der Waals surface area contributed by atoms with Crippen LogP contribution in [0, 0.1) is 5.41 Å². The Morgan fingerprint density at radius 2 is 1.85 bits per heavy atom. The monoisotopic (exact) mass is 385 g/mol. The van der Waals surface area contributed by atoms with Crippen LogP contribution in [0.5, 0.6) is 0 Å². The molecule has 0 radical (unpaired) electrons. The van der Waals surface area contributed by atoms with Gasteiger partial charge in [-0.25, -0.2) is 4.79 Å². The van der Waals surface area contributed by atoms with Crippen LogP contribution in [0.3, 0.4) is 0 Å². The first-order valence-corrected chi connectivity index (χ1v) is 8.97. The number of aromatic nitrogens is 2. The van der Waals surface area contributed by atoms with Gasteiger partial charge in [-0.3, -0.25) is 14.3 Å². The number of aliphatic hydroxyl groups excluding tert-OH is 2. The van der Waals surface area contributed by atoms with E-state index in [1.165, 1.54) is 6.20 Å². The minimum Gasteiger partial charge on any atom is -0.387 e. The minimum atomic E-state index is -1.32. The van der Waals surface area contributed by atoms with Crippen molar-refractivity contribution in [3.8, 4) is 0 Å². The summed E-state index contributed by atoms with van der Waals surface area (Å²) in [5, 5.41) is 20.6. The van der Waals surface area contributed by atoms with E-state index in [1.807, 2.05) is 27.9 Å². The number of aliphatic hydroxyl groups is 2. The van der Waals surface area contributed by atoms with E-state index in [0.29, 0.717) is 0 Å². The molecule has 3 N–H and O–H groups in total. The van der Waals surface area contributed by atoms with Crippen LogP contribution in [-0.2, 0) is 9.47 Å². The summed E-state index contributed by atoms with van der Waals surface area (Å²) in [6.45, 7) is 8.98. The van der Waals surface area contributed by atoms with Gasteiger partial charge in [-0.1, -0.05) is 13.8 Å². The lowest BCUT2D eigenvalue weighted by Crippen LogP contribution is -2.49. The van der Waals surface area contributed by atoms with Gasteiger partial charge in [0, 0.05) is 24.2 Å². The lowest BCUT2D eigenvalue weighted by Gasteiger charge is -2.43. The molecule has 1 fully saturated rings. The third-order valence-corrected chi connectivity index (χ3v) is 5.41. The van der Waals surface area contributed by atoms with E-state index in [2.05, 4.69) is 23.7 Å². The zero-order valence-electron chi connectivity index (χ0n) is 16.8. The van der Waals surface area contributed by atoms with Gasteiger partial charge < -0.3 is 24.6 Å². The van der Waals surface area contributed by atoms with Crippen molar-refractivity contribution in [1.82, 2.24) is 14.5 Å². The van der Waals surface area contributed by atoms with Gasteiger partial charge in [0.05, 0.1) is 12.2 Å². The van der Waals surface area contributed by atoms with Gasteiger partial charge in [-0.15, -0.1) is 0 Å². The highest BCUT2D eigenvalue weighted by Gasteiger charge is 2.46. The summed E-state index contributed by atoms with van der Waals surface area (Å²) in [6, 6.07) is 1.15. The van der Waals surface area contributed by atoms with Crippen LogP contribution in [0.25, 0.3) is 0 Å². The van der Waals surface area contributed by atoms with Crippen LogP contribution in [-0.4, -0.2) is 75.8 Å². The lowest BCUT2D eigenvalue weighted by atomic mass is 9.76. The van der Waals surface area contributed by atoms with E-state index in [9.17, 15) is 19.8 Å². The van der Waals surface area contributed by atoms with E-state index < -0.39 is 41.4 Å². The molecule has 0 spiro atoms. The summed E-state index contributed by atoms with van der Waals surface area (Å²) in [4.78, 5) is 27.3. The number of nitrogens with zero attached hydrogens (tertiary/aromatic N) is 2. The molecule has 1 aliphatic rings. The summed E-state index contributed by atoms with van der Waals surface area (Å²) < 4.78 is 12.8. The molecule has 0 amide bonds. The fourth-order valence-corrected chi connectivity index (χ4v) is 3.19. The second kappa shape index (κ2) is 7.84. The molecule has 0 bridgehead atoms. The Morgan fingerprint density at radius 1 is 1.22 bits per heavy atom. The molecule has 1 saturated heterocycles. The average molecular weight is 385 g/mol. The molecular formula is C18H31N3O6. The van der Waals surface area contributed by atoms with Crippen molar-refractivity contribution in [1.29, 1.82) is 0 Å². The number of H-pyrrole nitrogens is 1. The molecule has 2 rings (SSSR count). The van der Waals surface area contributed by atoms with Crippen molar-refractivity contribution < 1.29 is 19.7 Å². The Bertz CT molecular complexity index is 754. The fraction of sp³-hybridized carbons (Fsp3) is 0.778. The van der Waals surface area contributed by atoms with Crippen LogP contribution in [0.4, 0.5) is 0 Å². The van der Waals surface area contributed by atoms with Crippen molar-refractivity contribution in [3.05, 3.63) is 33.1 Å². The normalized spacial score (nSPS) is 26.7. The number of nitrogens with one attached hydrogen (secondary N) is 1. The number of hydrogen-bond donors (Lipinski definition) is 3. The third kappa shape index (κ3) is 4.67. The molecular weight excluding hydrogens is 354 g/mol. The van der Waals surface area contributed by atoms with Crippen LogP contribution < -0.4 is 11.2 Å². The van der Waals surface area contributed by atoms with Crippen molar-refractivity contribution in [2.75, 3.05) is 27.2 Å². The van der Waals surface area contributed by atoms with Crippen LogP contribution in [0.2, 0.25) is 0 Å². The van der Waals surface area contributed by atoms with Gasteiger partial charge in [-0.05, 0) is 27.9 Å². The average Bonchev–Trinajstić information content (AvgIpc) is 2.80. The molecule has 2 heterocycles. The maximum Gasteiger partial charge on any atom is 0.330 e. The topological polar surface area (TPSA) is 117 Å². The molecule has 27 heavy (non-hydrogen) atoms. The molecule has 4 atom stereocenters. The van der Waals surface area contributed by atoms with Crippen molar-refractivity contribution in [2.45, 2.75) is 57.8 Å². The van der Waals surface area contributed by atoms with Gasteiger partial charge in [0.1, 0.15) is 18.3 Å². The highest BCUT2D eigenvalue weighted by molar-refractivity contribution is 4.95. The third-order valence-electron chi connectivity index (χ3n) is 5.41. The van der Waals surface area contributed by atoms with Gasteiger partial charge in [0.15, 0.2) is 6.23 Å². The van der Waals surface area contributed by atoms with Crippen molar-refractivity contribution in [2.24, 2.45) is 5.41 Å². The lowest BCUT2D eigenvalue weighted by molar-refractivity contribution is -0.147. The number of ether oxygens (including phenoxy) is 2. The molecule has 0 aliphatic carbocycles. The standard InChI is InChI=1S/C18H31N3O6/c1-17(2,10-20(5)6)18(3,4)26-9-11-13(23)14(24)15(27-11)21-8-7-12(22)19-16(21)25/h7-8,11,13-15,23-24H,9-10H2,1-6H3,(H,19,22,25)/t11-,13+,14?,15-/m1/s1. The first kappa shape index (κ1) is 21.8. The molecule has 0 aromatic carbocycles. The Hall–Kier alpha value is -1.52. The predicted octanol–water partition coefficient (Wildman–Crippen LogP) is -0.461. The van der Waals surface area contributed by atoms with Crippen molar-refractivity contribution >= 4 is 0 Å². The van der Waals surface area contributed by atoms with E-state index >= 15 is 0 Å². The molecule has 1 aliphatic heterocycles. The van der Waals surface area contributed by atoms with Gasteiger partial charge >= 0.3 is 5.69 Å². The van der Waals surface area contributed by atoms with Crippen LogP contribution in [0.1, 0.15) is 33.9 Å². The molecule has 1 unspecified atom stereocenters. The first-order chi connectivity index (χ1) is 12.4. The summed E-state index contributed by atoms with van der Waals surface area (Å²) >= 11 is 0. The summed E-state index contributed by atoms with van der Waals surface area (Å²) in [6.07, 6.45) is -3.22. The fourth-order valence-electron chi connectivity index (χ4n) is 3.19. The van der Waals surface area contributed by atoms with Crippen LogP contribution >= 0.6 is 0 Å². The quantitative estimate of drug-likeness (QED) is 0.581.